The Bertz CT molecular complexity index is 369. The predicted octanol–water partition coefficient (Wildman–Crippen LogP) is 3.17. The maximum atomic E-state index is 5.34. The first-order valence-corrected chi connectivity index (χ1v) is 5.31. The molecule has 1 heterocycles. The standard InChI is InChI=1S/C13H16O2/c1-3-4-10(2)7-11-5-6-12-13(8-11)15-9-14-12/h3-6,8,10H,7,9H2,1-2H3. The summed E-state index contributed by atoms with van der Waals surface area (Å²) < 4.78 is 10.6. The van der Waals surface area contributed by atoms with Crippen molar-refractivity contribution in [2.24, 2.45) is 5.92 Å². The lowest BCUT2D eigenvalue weighted by Gasteiger charge is -2.06. The predicted molar refractivity (Wildman–Crippen MR) is 60.2 cm³/mol. The Kier molecular flexibility index (Phi) is 2.95. The molecule has 0 N–H and O–H groups in total. The minimum atomic E-state index is 0.350. The lowest BCUT2D eigenvalue weighted by atomic mass is 10.0. The fraction of sp³-hybridized carbons (Fsp3) is 0.385. The average Bonchev–Trinajstić information content (AvgIpc) is 2.65. The van der Waals surface area contributed by atoms with Gasteiger partial charge in [-0.1, -0.05) is 25.1 Å². The van der Waals surface area contributed by atoms with Crippen molar-refractivity contribution >= 4 is 0 Å². The van der Waals surface area contributed by atoms with Crippen LogP contribution in [0, 0.1) is 5.92 Å². The van der Waals surface area contributed by atoms with Gasteiger partial charge in [-0.15, -0.1) is 0 Å². The van der Waals surface area contributed by atoms with Crippen molar-refractivity contribution in [1.82, 2.24) is 0 Å². The Balaban J connectivity index is 2.10. The summed E-state index contributed by atoms with van der Waals surface area (Å²) in [6.07, 6.45) is 5.35. The molecule has 0 radical (unpaired) electrons. The summed E-state index contributed by atoms with van der Waals surface area (Å²) in [4.78, 5) is 0. The summed E-state index contributed by atoms with van der Waals surface area (Å²) in [7, 11) is 0. The van der Waals surface area contributed by atoms with Crippen LogP contribution in [0.15, 0.2) is 30.4 Å². The van der Waals surface area contributed by atoms with Gasteiger partial charge in [-0.2, -0.15) is 0 Å². The van der Waals surface area contributed by atoms with Crippen LogP contribution in [0.1, 0.15) is 19.4 Å². The summed E-state index contributed by atoms with van der Waals surface area (Å²) in [6.45, 7) is 4.62. The fourth-order valence-corrected chi connectivity index (χ4v) is 1.84. The highest BCUT2D eigenvalue weighted by Crippen LogP contribution is 2.33. The van der Waals surface area contributed by atoms with Gasteiger partial charge in [0.05, 0.1) is 0 Å². The van der Waals surface area contributed by atoms with E-state index >= 15 is 0 Å². The lowest BCUT2D eigenvalue weighted by molar-refractivity contribution is 0.174. The molecule has 15 heavy (non-hydrogen) atoms. The van der Waals surface area contributed by atoms with E-state index in [1.165, 1.54) is 5.56 Å². The molecule has 1 aromatic rings. The molecule has 0 saturated carbocycles. The van der Waals surface area contributed by atoms with Gasteiger partial charge >= 0.3 is 0 Å². The van der Waals surface area contributed by atoms with E-state index < -0.39 is 0 Å². The second kappa shape index (κ2) is 4.39. The highest BCUT2D eigenvalue weighted by Gasteiger charge is 2.13. The highest BCUT2D eigenvalue weighted by atomic mass is 16.7. The molecule has 2 heteroatoms. The molecule has 0 amide bonds. The monoisotopic (exact) mass is 204 g/mol. The molecule has 2 nitrogen and oxygen atoms in total. The lowest BCUT2D eigenvalue weighted by Crippen LogP contribution is -1.95. The molecule has 0 fully saturated rings. The van der Waals surface area contributed by atoms with E-state index in [1.54, 1.807) is 0 Å². The average molecular weight is 204 g/mol. The van der Waals surface area contributed by atoms with Crippen LogP contribution >= 0.6 is 0 Å². The number of hydrogen-bond donors (Lipinski definition) is 0. The van der Waals surface area contributed by atoms with Crippen molar-refractivity contribution in [2.45, 2.75) is 20.3 Å². The van der Waals surface area contributed by atoms with E-state index in [9.17, 15) is 0 Å². The van der Waals surface area contributed by atoms with Crippen molar-refractivity contribution < 1.29 is 9.47 Å². The van der Waals surface area contributed by atoms with E-state index in [0.717, 1.165) is 17.9 Å². The van der Waals surface area contributed by atoms with Crippen molar-refractivity contribution in [2.75, 3.05) is 6.79 Å². The number of hydrogen-bond acceptors (Lipinski definition) is 2. The van der Waals surface area contributed by atoms with Crippen LogP contribution < -0.4 is 9.47 Å². The maximum absolute atomic E-state index is 5.34. The quantitative estimate of drug-likeness (QED) is 0.704. The van der Waals surface area contributed by atoms with E-state index in [1.807, 2.05) is 6.07 Å². The molecule has 1 aromatic carbocycles. The highest BCUT2D eigenvalue weighted by molar-refractivity contribution is 5.44. The van der Waals surface area contributed by atoms with Gasteiger partial charge < -0.3 is 9.47 Å². The zero-order valence-electron chi connectivity index (χ0n) is 9.19. The van der Waals surface area contributed by atoms with Gasteiger partial charge in [0, 0.05) is 0 Å². The Morgan fingerprint density at radius 1 is 1.33 bits per heavy atom. The first-order valence-electron chi connectivity index (χ1n) is 5.31. The number of allylic oxidation sites excluding steroid dienone is 2. The SMILES string of the molecule is CC=CC(C)Cc1ccc2c(c1)OCO2. The molecule has 1 atom stereocenters. The fourth-order valence-electron chi connectivity index (χ4n) is 1.84. The van der Waals surface area contributed by atoms with Crippen LogP contribution in [-0.4, -0.2) is 6.79 Å². The van der Waals surface area contributed by atoms with Crippen molar-refractivity contribution in [3.8, 4) is 11.5 Å². The molecule has 1 aliphatic rings. The Hall–Kier alpha value is -1.44. The second-order valence-electron chi connectivity index (χ2n) is 3.89. The zero-order chi connectivity index (χ0) is 10.7. The van der Waals surface area contributed by atoms with Gasteiger partial charge in [0.1, 0.15) is 0 Å². The van der Waals surface area contributed by atoms with Gasteiger partial charge in [0.2, 0.25) is 6.79 Å². The van der Waals surface area contributed by atoms with E-state index in [0.29, 0.717) is 12.7 Å². The third-order valence-corrected chi connectivity index (χ3v) is 2.52. The van der Waals surface area contributed by atoms with Crippen molar-refractivity contribution in [1.29, 1.82) is 0 Å². The Morgan fingerprint density at radius 3 is 2.93 bits per heavy atom. The minimum absolute atomic E-state index is 0.350. The number of benzene rings is 1. The molecular formula is C13H16O2. The van der Waals surface area contributed by atoms with Gasteiger partial charge in [0.25, 0.3) is 0 Å². The summed E-state index contributed by atoms with van der Waals surface area (Å²) in [5.74, 6) is 2.30. The van der Waals surface area contributed by atoms with Gasteiger partial charge in [0.15, 0.2) is 11.5 Å². The Labute approximate surface area is 90.5 Å². The first kappa shape index (κ1) is 10.1. The normalized spacial score (nSPS) is 15.9. The summed E-state index contributed by atoms with van der Waals surface area (Å²) in [5, 5.41) is 0. The zero-order valence-corrected chi connectivity index (χ0v) is 9.19. The van der Waals surface area contributed by atoms with Gasteiger partial charge in [-0.3, -0.25) is 0 Å². The number of rotatable bonds is 3. The molecule has 1 unspecified atom stereocenters. The molecule has 0 saturated heterocycles. The molecule has 80 valence electrons. The topological polar surface area (TPSA) is 18.5 Å². The number of fused-ring (bicyclic) bond motifs is 1. The first-order chi connectivity index (χ1) is 7.29. The molecular weight excluding hydrogens is 188 g/mol. The largest absolute Gasteiger partial charge is 0.454 e. The molecule has 0 spiro atoms. The molecule has 1 aliphatic heterocycles. The summed E-state index contributed by atoms with van der Waals surface area (Å²) in [5.41, 5.74) is 1.30. The minimum Gasteiger partial charge on any atom is -0.454 e. The van der Waals surface area contributed by atoms with Crippen LogP contribution in [-0.2, 0) is 6.42 Å². The second-order valence-corrected chi connectivity index (χ2v) is 3.89. The third-order valence-electron chi connectivity index (χ3n) is 2.52. The van der Waals surface area contributed by atoms with E-state index in [4.69, 9.17) is 9.47 Å². The molecule has 2 rings (SSSR count). The van der Waals surface area contributed by atoms with Gasteiger partial charge in [-0.05, 0) is 37.0 Å². The van der Waals surface area contributed by atoms with Gasteiger partial charge in [-0.25, -0.2) is 0 Å². The molecule has 0 aromatic heterocycles. The van der Waals surface area contributed by atoms with Crippen molar-refractivity contribution in [3.05, 3.63) is 35.9 Å². The molecule has 0 aliphatic carbocycles. The van der Waals surface area contributed by atoms with E-state index in [-0.39, 0.29) is 0 Å². The summed E-state index contributed by atoms with van der Waals surface area (Å²) in [6, 6.07) is 6.16. The smallest absolute Gasteiger partial charge is 0.231 e. The van der Waals surface area contributed by atoms with Crippen LogP contribution in [0.4, 0.5) is 0 Å². The van der Waals surface area contributed by atoms with Crippen molar-refractivity contribution in [3.63, 3.8) is 0 Å². The maximum Gasteiger partial charge on any atom is 0.231 e. The van der Waals surface area contributed by atoms with Crippen LogP contribution in [0.25, 0.3) is 0 Å². The Morgan fingerprint density at radius 2 is 2.13 bits per heavy atom. The third kappa shape index (κ3) is 2.32. The van der Waals surface area contributed by atoms with Crippen LogP contribution in [0.3, 0.4) is 0 Å². The summed E-state index contributed by atoms with van der Waals surface area (Å²) >= 11 is 0. The van der Waals surface area contributed by atoms with Crippen LogP contribution in [0.5, 0.6) is 11.5 Å². The number of ether oxygens (including phenoxy) is 2. The van der Waals surface area contributed by atoms with Crippen LogP contribution in [0.2, 0.25) is 0 Å². The molecule has 0 bridgehead atoms. The van der Waals surface area contributed by atoms with E-state index in [2.05, 4.69) is 38.1 Å².